The molecule has 0 aliphatic rings. The van der Waals surface area contributed by atoms with Crippen molar-refractivity contribution >= 4 is 39.5 Å². The molecule has 0 saturated carbocycles. The number of unbranched alkanes of at least 4 members (excludes halogenated alkanes) is 30. The second-order valence-electron chi connectivity index (χ2n) is 25.8. The van der Waals surface area contributed by atoms with Crippen LogP contribution >= 0.6 is 15.6 Å². The van der Waals surface area contributed by atoms with Crippen LogP contribution in [0.3, 0.4) is 0 Å². The molecular weight excluding hydrogens is 1170 g/mol. The standard InChI is InChI=1S/C70H132O17P2/c1-8-10-11-12-13-14-15-16-17-18-19-23-29-37-44-51-67(72)80-57-65(87-70(75)54-47-40-31-26-25-28-35-42-49-62(5)6)59-84-88(76,77)82-55-64(71)56-83-89(78,79)85-60-66(58-81-68(73)52-45-38-33-32-36-43-50-63(7)9-2)86-69(74)53-46-39-30-24-21-20-22-27-34-41-48-61(3)4/h14-17,61-66,71H,8-13,18-60H2,1-7H3,(H,76,77)(H,78,79)/b15-14-,17-16-/t63?,64-,65-,66-/m1/s1. The van der Waals surface area contributed by atoms with Gasteiger partial charge in [-0.05, 0) is 69.1 Å². The minimum absolute atomic E-state index is 0.0971. The lowest BCUT2D eigenvalue weighted by Crippen LogP contribution is -2.30. The van der Waals surface area contributed by atoms with E-state index >= 15 is 0 Å². The van der Waals surface area contributed by atoms with Crippen LogP contribution in [0.5, 0.6) is 0 Å². The fourth-order valence-electron chi connectivity index (χ4n) is 9.97. The predicted octanol–water partition coefficient (Wildman–Crippen LogP) is 19.4. The van der Waals surface area contributed by atoms with Gasteiger partial charge in [0.2, 0.25) is 0 Å². The van der Waals surface area contributed by atoms with Crippen molar-refractivity contribution < 1.29 is 80.2 Å². The highest BCUT2D eigenvalue weighted by Gasteiger charge is 2.30. The maximum atomic E-state index is 13.0. The molecule has 0 fully saturated rings. The van der Waals surface area contributed by atoms with Gasteiger partial charge in [0.1, 0.15) is 19.3 Å². The van der Waals surface area contributed by atoms with Gasteiger partial charge in [-0.1, -0.05) is 272 Å². The number of aliphatic hydroxyl groups is 1. The van der Waals surface area contributed by atoms with Crippen molar-refractivity contribution in [3.8, 4) is 0 Å². The summed E-state index contributed by atoms with van der Waals surface area (Å²) >= 11 is 0. The Bertz CT molecular complexity index is 1840. The Balaban J connectivity index is 5.28. The molecule has 0 rings (SSSR count). The monoisotopic (exact) mass is 1310 g/mol. The highest BCUT2D eigenvalue weighted by Crippen LogP contribution is 2.45. The lowest BCUT2D eigenvalue weighted by atomic mass is 10.00. The number of ether oxygens (including phenoxy) is 4. The summed E-state index contributed by atoms with van der Waals surface area (Å²) in [5.74, 6) is 0.0347. The zero-order valence-corrected chi connectivity index (χ0v) is 59.2. The molecule has 3 unspecified atom stereocenters. The lowest BCUT2D eigenvalue weighted by molar-refractivity contribution is -0.161. The molecular formula is C70H132O17P2. The zero-order valence-electron chi connectivity index (χ0n) is 57.4. The molecule has 0 bridgehead atoms. The first-order valence-corrected chi connectivity index (χ1v) is 38.7. The van der Waals surface area contributed by atoms with Gasteiger partial charge in [0.15, 0.2) is 12.2 Å². The molecule has 17 nitrogen and oxygen atoms in total. The van der Waals surface area contributed by atoms with Crippen LogP contribution in [0.1, 0.15) is 325 Å². The highest BCUT2D eigenvalue weighted by atomic mass is 31.2. The van der Waals surface area contributed by atoms with Gasteiger partial charge in [-0.15, -0.1) is 0 Å². The number of allylic oxidation sites excluding steroid dienone is 4. The van der Waals surface area contributed by atoms with E-state index in [4.69, 9.17) is 37.0 Å². The summed E-state index contributed by atoms with van der Waals surface area (Å²) in [5.41, 5.74) is 0. The number of hydrogen-bond donors (Lipinski definition) is 3. The lowest BCUT2D eigenvalue weighted by Gasteiger charge is -2.21. The van der Waals surface area contributed by atoms with Crippen molar-refractivity contribution in [2.75, 3.05) is 39.6 Å². The van der Waals surface area contributed by atoms with Crippen LogP contribution in [0, 0.1) is 17.8 Å². The first kappa shape index (κ1) is 86.5. The topological polar surface area (TPSA) is 237 Å². The zero-order chi connectivity index (χ0) is 65.9. The predicted molar refractivity (Wildman–Crippen MR) is 358 cm³/mol. The van der Waals surface area contributed by atoms with Crippen molar-refractivity contribution in [1.82, 2.24) is 0 Å². The van der Waals surface area contributed by atoms with Gasteiger partial charge >= 0.3 is 39.5 Å². The molecule has 0 heterocycles. The van der Waals surface area contributed by atoms with Crippen molar-refractivity contribution in [2.45, 2.75) is 343 Å². The summed E-state index contributed by atoms with van der Waals surface area (Å²) in [4.78, 5) is 72.5. The van der Waals surface area contributed by atoms with E-state index in [1.54, 1.807) is 0 Å². The number of aliphatic hydroxyl groups excluding tert-OH is 1. The van der Waals surface area contributed by atoms with Crippen molar-refractivity contribution in [1.29, 1.82) is 0 Å². The maximum absolute atomic E-state index is 13.0. The molecule has 3 N–H and O–H groups in total. The Morgan fingerprint density at radius 3 is 1.00 bits per heavy atom. The summed E-state index contributed by atoms with van der Waals surface area (Å²) < 4.78 is 68.2. The molecule has 19 heteroatoms. The Morgan fingerprint density at radius 1 is 0.371 bits per heavy atom. The number of phosphoric ester groups is 2. The molecule has 0 aromatic rings. The number of esters is 4. The Morgan fingerprint density at radius 2 is 0.663 bits per heavy atom. The first-order chi connectivity index (χ1) is 42.8. The van der Waals surface area contributed by atoms with Crippen LogP contribution in [0.4, 0.5) is 0 Å². The average molecular weight is 1310 g/mol. The van der Waals surface area contributed by atoms with E-state index in [0.717, 1.165) is 127 Å². The summed E-state index contributed by atoms with van der Waals surface area (Å²) in [5, 5.41) is 10.6. The minimum Gasteiger partial charge on any atom is -0.462 e. The third kappa shape index (κ3) is 62.7. The molecule has 0 aromatic heterocycles. The van der Waals surface area contributed by atoms with Gasteiger partial charge in [-0.3, -0.25) is 37.3 Å². The number of carbonyl (C=O) groups is 4. The molecule has 0 radical (unpaired) electrons. The molecule has 89 heavy (non-hydrogen) atoms. The number of hydrogen-bond acceptors (Lipinski definition) is 15. The smallest absolute Gasteiger partial charge is 0.462 e. The Labute approximate surface area is 542 Å². The van der Waals surface area contributed by atoms with Gasteiger partial charge < -0.3 is 33.8 Å². The first-order valence-electron chi connectivity index (χ1n) is 35.7. The van der Waals surface area contributed by atoms with Crippen molar-refractivity contribution in [3.05, 3.63) is 24.3 Å². The van der Waals surface area contributed by atoms with E-state index < -0.39 is 97.5 Å². The van der Waals surface area contributed by atoms with Crippen molar-refractivity contribution in [3.63, 3.8) is 0 Å². The van der Waals surface area contributed by atoms with E-state index in [-0.39, 0.29) is 25.7 Å². The highest BCUT2D eigenvalue weighted by molar-refractivity contribution is 7.47. The third-order valence-corrected chi connectivity index (χ3v) is 17.8. The fourth-order valence-corrected chi connectivity index (χ4v) is 11.5. The van der Waals surface area contributed by atoms with Crippen LogP contribution in [-0.2, 0) is 65.4 Å². The van der Waals surface area contributed by atoms with Crippen LogP contribution in [-0.4, -0.2) is 96.7 Å². The molecule has 0 amide bonds. The number of carbonyl (C=O) groups excluding carboxylic acids is 4. The summed E-state index contributed by atoms with van der Waals surface area (Å²) in [6, 6.07) is 0. The van der Waals surface area contributed by atoms with Gasteiger partial charge in [0.25, 0.3) is 0 Å². The van der Waals surface area contributed by atoms with Crippen LogP contribution in [0.25, 0.3) is 0 Å². The fraction of sp³-hybridized carbons (Fsp3) is 0.886. The molecule has 524 valence electrons. The number of phosphoric acid groups is 2. The average Bonchev–Trinajstić information content (AvgIpc) is 3.65. The van der Waals surface area contributed by atoms with Gasteiger partial charge in [-0.25, -0.2) is 9.13 Å². The molecule has 0 saturated heterocycles. The summed E-state index contributed by atoms with van der Waals surface area (Å²) in [6.45, 7) is 11.7. The van der Waals surface area contributed by atoms with E-state index in [2.05, 4.69) is 72.8 Å². The van der Waals surface area contributed by atoms with Crippen LogP contribution in [0.2, 0.25) is 0 Å². The van der Waals surface area contributed by atoms with Crippen LogP contribution < -0.4 is 0 Å². The second-order valence-corrected chi connectivity index (χ2v) is 28.7. The quantitative estimate of drug-likeness (QED) is 0.0169. The Kier molecular flexibility index (Phi) is 58.8. The van der Waals surface area contributed by atoms with Crippen LogP contribution in [0.15, 0.2) is 24.3 Å². The van der Waals surface area contributed by atoms with E-state index in [1.807, 2.05) is 0 Å². The summed E-state index contributed by atoms with van der Waals surface area (Å²) in [6.07, 6.45) is 46.7. The molecule has 0 aromatic carbocycles. The molecule has 0 spiro atoms. The van der Waals surface area contributed by atoms with Gasteiger partial charge in [0, 0.05) is 25.7 Å². The summed E-state index contributed by atoms with van der Waals surface area (Å²) in [7, 11) is -9.91. The normalized spacial score (nSPS) is 14.7. The molecule has 6 atom stereocenters. The van der Waals surface area contributed by atoms with Gasteiger partial charge in [-0.2, -0.15) is 0 Å². The molecule has 0 aliphatic heterocycles. The largest absolute Gasteiger partial charge is 0.472 e. The molecule has 0 aliphatic carbocycles. The van der Waals surface area contributed by atoms with Crippen molar-refractivity contribution in [2.24, 2.45) is 17.8 Å². The van der Waals surface area contributed by atoms with Gasteiger partial charge in [0.05, 0.1) is 26.4 Å². The Hall–Kier alpha value is -2.46. The van der Waals surface area contributed by atoms with E-state index in [9.17, 15) is 43.2 Å². The van der Waals surface area contributed by atoms with E-state index in [1.165, 1.54) is 109 Å². The minimum atomic E-state index is -4.96. The SMILES string of the molecule is CCCCCC/C=C\C=C/CCCCCCCC(=O)OC[C@H](COP(=O)(O)OC[C@@H](O)COP(=O)(O)OC[C@@H](COC(=O)CCCCCCCCC(C)CC)OC(=O)CCCCCCCCCCCCC(C)C)OC(=O)CCCCCCCCCCC(C)C. The third-order valence-electron chi connectivity index (χ3n) is 15.9. The number of rotatable bonds is 66. The van der Waals surface area contributed by atoms with E-state index in [0.29, 0.717) is 31.6 Å². The maximum Gasteiger partial charge on any atom is 0.472 e. The second kappa shape index (κ2) is 60.5.